The van der Waals surface area contributed by atoms with Gasteiger partial charge in [0.2, 0.25) is 0 Å². The fourth-order valence-corrected chi connectivity index (χ4v) is 1.55. The lowest BCUT2D eigenvalue weighted by atomic mass is 10.2. The molecule has 0 saturated heterocycles. The largest absolute Gasteiger partial charge is 0.394 e. The second-order valence-corrected chi connectivity index (χ2v) is 3.69. The van der Waals surface area contributed by atoms with Crippen molar-refractivity contribution in [3.05, 3.63) is 35.9 Å². The number of benzene rings is 1. The van der Waals surface area contributed by atoms with E-state index in [0.717, 1.165) is 19.6 Å². The molecule has 0 fully saturated rings. The molecule has 1 rings (SSSR count). The number of nitrogens with zero attached hydrogens (tertiary/aromatic N) is 1. The Bertz CT molecular complexity index is 264. The van der Waals surface area contributed by atoms with Gasteiger partial charge in [-0.25, -0.2) is 0 Å². The molecule has 1 N–H and O–H groups in total. The van der Waals surface area contributed by atoms with Crippen LogP contribution in [0.4, 0.5) is 0 Å². The molecule has 0 amide bonds. The maximum Gasteiger partial charge on any atom is 0.0698 e. The van der Waals surface area contributed by atoms with Crippen LogP contribution in [0.15, 0.2) is 30.3 Å². The van der Waals surface area contributed by atoms with Crippen LogP contribution >= 0.6 is 0 Å². The molecule has 3 nitrogen and oxygen atoms in total. The molecular formula is C13H21NO2. The van der Waals surface area contributed by atoms with E-state index < -0.39 is 0 Å². The Kier molecular flexibility index (Phi) is 6.81. The van der Waals surface area contributed by atoms with Gasteiger partial charge in [0.15, 0.2) is 0 Å². The summed E-state index contributed by atoms with van der Waals surface area (Å²) in [6.45, 7) is 6.24. The summed E-state index contributed by atoms with van der Waals surface area (Å²) in [4.78, 5) is 2.33. The highest BCUT2D eigenvalue weighted by Crippen LogP contribution is 2.03. The number of ether oxygens (including phenoxy) is 1. The van der Waals surface area contributed by atoms with Crippen LogP contribution in [0, 0.1) is 0 Å². The smallest absolute Gasteiger partial charge is 0.0698 e. The molecule has 0 aliphatic heterocycles. The summed E-state index contributed by atoms with van der Waals surface area (Å²) in [5.41, 5.74) is 1.33. The van der Waals surface area contributed by atoms with Crippen molar-refractivity contribution in [1.82, 2.24) is 4.90 Å². The van der Waals surface area contributed by atoms with E-state index in [2.05, 4.69) is 36.1 Å². The summed E-state index contributed by atoms with van der Waals surface area (Å²) in [6, 6.07) is 10.4. The van der Waals surface area contributed by atoms with Gasteiger partial charge in [-0.05, 0) is 12.1 Å². The summed E-state index contributed by atoms with van der Waals surface area (Å²) in [7, 11) is 0. The fourth-order valence-electron chi connectivity index (χ4n) is 1.55. The van der Waals surface area contributed by atoms with Crippen LogP contribution in [0.1, 0.15) is 12.5 Å². The maximum atomic E-state index is 8.59. The normalized spacial score (nSPS) is 10.9. The third-order valence-electron chi connectivity index (χ3n) is 2.48. The van der Waals surface area contributed by atoms with Gasteiger partial charge in [-0.15, -0.1) is 0 Å². The molecular weight excluding hydrogens is 202 g/mol. The molecule has 0 spiro atoms. The van der Waals surface area contributed by atoms with Crippen molar-refractivity contribution >= 4 is 0 Å². The first-order valence-corrected chi connectivity index (χ1v) is 5.81. The van der Waals surface area contributed by atoms with Crippen LogP contribution in [0.25, 0.3) is 0 Å². The molecule has 3 heteroatoms. The first-order valence-electron chi connectivity index (χ1n) is 5.81. The Balaban J connectivity index is 2.26. The number of aliphatic hydroxyl groups excluding tert-OH is 1. The lowest BCUT2D eigenvalue weighted by Crippen LogP contribution is -2.27. The fraction of sp³-hybridized carbons (Fsp3) is 0.538. The van der Waals surface area contributed by atoms with Gasteiger partial charge < -0.3 is 9.84 Å². The van der Waals surface area contributed by atoms with Crippen molar-refractivity contribution in [3.8, 4) is 0 Å². The topological polar surface area (TPSA) is 32.7 Å². The zero-order valence-corrected chi connectivity index (χ0v) is 9.93. The van der Waals surface area contributed by atoms with Crippen LogP contribution in [0.2, 0.25) is 0 Å². The van der Waals surface area contributed by atoms with E-state index in [9.17, 15) is 0 Å². The molecule has 90 valence electrons. The molecule has 0 aliphatic carbocycles. The lowest BCUT2D eigenvalue weighted by Gasteiger charge is -2.20. The number of aliphatic hydroxyl groups is 1. The van der Waals surface area contributed by atoms with Crippen molar-refractivity contribution in [1.29, 1.82) is 0 Å². The second kappa shape index (κ2) is 8.28. The predicted octanol–water partition coefficient (Wildman–Crippen LogP) is 1.52. The first kappa shape index (κ1) is 13.2. The SMILES string of the molecule is CCN(CCOCCO)Cc1ccccc1. The number of rotatable bonds is 8. The van der Waals surface area contributed by atoms with Gasteiger partial charge in [-0.1, -0.05) is 37.3 Å². The minimum absolute atomic E-state index is 0.102. The summed E-state index contributed by atoms with van der Waals surface area (Å²) >= 11 is 0. The van der Waals surface area contributed by atoms with Gasteiger partial charge in [0.1, 0.15) is 0 Å². The van der Waals surface area contributed by atoms with Gasteiger partial charge in [-0.3, -0.25) is 4.90 Å². The Morgan fingerprint density at radius 3 is 2.56 bits per heavy atom. The van der Waals surface area contributed by atoms with Gasteiger partial charge in [-0.2, -0.15) is 0 Å². The van der Waals surface area contributed by atoms with E-state index >= 15 is 0 Å². The van der Waals surface area contributed by atoms with Gasteiger partial charge in [0, 0.05) is 13.1 Å². The van der Waals surface area contributed by atoms with E-state index in [0.29, 0.717) is 13.2 Å². The highest BCUT2D eigenvalue weighted by atomic mass is 16.5. The Labute approximate surface area is 97.7 Å². The maximum absolute atomic E-state index is 8.59. The zero-order chi connectivity index (χ0) is 11.6. The van der Waals surface area contributed by atoms with Crippen molar-refractivity contribution in [3.63, 3.8) is 0 Å². The molecule has 0 aliphatic rings. The predicted molar refractivity (Wildman–Crippen MR) is 65.3 cm³/mol. The number of likely N-dealkylation sites (N-methyl/N-ethyl adjacent to an activating group) is 1. The van der Waals surface area contributed by atoms with E-state index in [1.807, 2.05) is 6.07 Å². The van der Waals surface area contributed by atoms with E-state index in [1.54, 1.807) is 0 Å². The molecule has 0 unspecified atom stereocenters. The number of hydrogen-bond donors (Lipinski definition) is 1. The lowest BCUT2D eigenvalue weighted by molar-refractivity contribution is 0.0732. The standard InChI is InChI=1S/C13H21NO2/c1-2-14(8-10-16-11-9-15)12-13-6-4-3-5-7-13/h3-7,15H,2,8-12H2,1H3. The molecule has 0 saturated carbocycles. The zero-order valence-electron chi connectivity index (χ0n) is 9.93. The Hall–Kier alpha value is -0.900. The van der Waals surface area contributed by atoms with Gasteiger partial charge in [0.25, 0.3) is 0 Å². The van der Waals surface area contributed by atoms with Crippen LogP contribution in [-0.4, -0.2) is 42.9 Å². The third kappa shape index (κ3) is 5.26. The molecule has 0 bridgehead atoms. The minimum atomic E-state index is 0.102. The summed E-state index contributed by atoms with van der Waals surface area (Å²) < 4.78 is 5.26. The van der Waals surface area contributed by atoms with Crippen LogP contribution in [0.5, 0.6) is 0 Å². The molecule has 16 heavy (non-hydrogen) atoms. The summed E-state index contributed by atoms with van der Waals surface area (Å²) in [6.07, 6.45) is 0. The van der Waals surface area contributed by atoms with Crippen molar-refractivity contribution in [2.75, 3.05) is 32.9 Å². The van der Waals surface area contributed by atoms with Crippen LogP contribution in [-0.2, 0) is 11.3 Å². The second-order valence-electron chi connectivity index (χ2n) is 3.69. The van der Waals surface area contributed by atoms with Crippen molar-refractivity contribution in [2.45, 2.75) is 13.5 Å². The monoisotopic (exact) mass is 223 g/mol. The molecule has 0 atom stereocenters. The quantitative estimate of drug-likeness (QED) is 0.678. The minimum Gasteiger partial charge on any atom is -0.394 e. The number of hydrogen-bond acceptors (Lipinski definition) is 3. The summed E-state index contributed by atoms with van der Waals surface area (Å²) in [5.74, 6) is 0. The highest BCUT2D eigenvalue weighted by molar-refractivity contribution is 5.14. The average molecular weight is 223 g/mol. The highest BCUT2D eigenvalue weighted by Gasteiger charge is 2.02. The van der Waals surface area contributed by atoms with Crippen molar-refractivity contribution in [2.24, 2.45) is 0 Å². The van der Waals surface area contributed by atoms with E-state index in [4.69, 9.17) is 9.84 Å². The average Bonchev–Trinajstić information content (AvgIpc) is 2.34. The Morgan fingerprint density at radius 2 is 1.94 bits per heavy atom. The van der Waals surface area contributed by atoms with Crippen LogP contribution < -0.4 is 0 Å². The Morgan fingerprint density at radius 1 is 1.19 bits per heavy atom. The molecule has 0 radical (unpaired) electrons. The molecule has 0 heterocycles. The van der Waals surface area contributed by atoms with E-state index in [1.165, 1.54) is 5.56 Å². The van der Waals surface area contributed by atoms with Crippen molar-refractivity contribution < 1.29 is 9.84 Å². The van der Waals surface area contributed by atoms with Crippen LogP contribution in [0.3, 0.4) is 0 Å². The molecule has 1 aromatic rings. The van der Waals surface area contributed by atoms with E-state index in [-0.39, 0.29) is 6.61 Å². The summed E-state index contributed by atoms with van der Waals surface area (Å²) in [5, 5.41) is 8.59. The van der Waals surface area contributed by atoms with Gasteiger partial charge in [0.05, 0.1) is 19.8 Å². The molecule has 1 aromatic carbocycles. The van der Waals surface area contributed by atoms with Gasteiger partial charge >= 0.3 is 0 Å². The molecule has 0 aromatic heterocycles. The third-order valence-corrected chi connectivity index (χ3v) is 2.48. The first-order chi connectivity index (χ1) is 7.86.